The third-order valence-electron chi connectivity index (χ3n) is 5.31. The molecule has 31 heavy (non-hydrogen) atoms. The second-order valence-electron chi connectivity index (χ2n) is 7.35. The van der Waals surface area contributed by atoms with Crippen molar-refractivity contribution >= 4 is 11.6 Å². The van der Waals surface area contributed by atoms with Crippen LogP contribution in [0, 0.1) is 11.7 Å². The van der Waals surface area contributed by atoms with E-state index in [9.17, 15) is 9.18 Å². The molecule has 1 aliphatic rings. The first-order valence-electron chi connectivity index (χ1n) is 10.2. The highest BCUT2D eigenvalue weighted by molar-refractivity contribution is 5.80. The molecule has 0 aliphatic carbocycles. The largest absolute Gasteiger partial charge is 0.497 e. The van der Waals surface area contributed by atoms with Gasteiger partial charge in [-0.05, 0) is 36.8 Å². The number of pyridine rings is 1. The van der Waals surface area contributed by atoms with Gasteiger partial charge in [-0.25, -0.2) is 9.37 Å². The van der Waals surface area contributed by atoms with Gasteiger partial charge >= 0.3 is 0 Å². The van der Waals surface area contributed by atoms with Crippen LogP contribution >= 0.6 is 0 Å². The van der Waals surface area contributed by atoms with Crippen LogP contribution in [-0.4, -0.2) is 31.1 Å². The molecule has 1 unspecified atom stereocenters. The van der Waals surface area contributed by atoms with Crippen LogP contribution in [0.25, 0.3) is 0 Å². The average Bonchev–Trinajstić information content (AvgIpc) is 3.29. The number of benzene rings is 2. The summed E-state index contributed by atoms with van der Waals surface area (Å²) >= 11 is 0. The summed E-state index contributed by atoms with van der Waals surface area (Å²) in [6.45, 7) is 1.44. The van der Waals surface area contributed by atoms with Crippen LogP contribution in [0.3, 0.4) is 0 Å². The van der Waals surface area contributed by atoms with Crippen molar-refractivity contribution in [2.45, 2.75) is 13.0 Å². The Labute approximate surface area is 180 Å². The number of aromatic nitrogens is 1. The molecular weight excluding hydrogens is 397 g/mol. The molecule has 1 fully saturated rings. The number of hydrogen-bond donors (Lipinski definition) is 1. The standard InChI is InChI=1S/C24H24FN3O3/c1-30-19-7-4-8-20(14-19)31-24-17(6-5-12-26-24)15-27-23(29)18-11-13-28(16-18)22-10-3-2-9-21(22)25/h2-10,12,14,18H,11,13,15-16H2,1H3,(H,27,29). The molecule has 1 saturated heterocycles. The maximum atomic E-state index is 14.0. The molecule has 0 spiro atoms. The summed E-state index contributed by atoms with van der Waals surface area (Å²) in [5.74, 6) is 1.19. The number of anilines is 1. The zero-order valence-electron chi connectivity index (χ0n) is 17.3. The van der Waals surface area contributed by atoms with Gasteiger partial charge in [-0.2, -0.15) is 0 Å². The van der Waals surface area contributed by atoms with Crippen LogP contribution in [0.4, 0.5) is 10.1 Å². The maximum absolute atomic E-state index is 14.0. The summed E-state index contributed by atoms with van der Waals surface area (Å²) in [6.07, 6.45) is 2.32. The number of halogens is 1. The molecule has 1 atom stereocenters. The molecule has 1 aliphatic heterocycles. The van der Waals surface area contributed by atoms with E-state index in [1.54, 1.807) is 43.6 Å². The van der Waals surface area contributed by atoms with Crippen LogP contribution in [-0.2, 0) is 11.3 Å². The lowest BCUT2D eigenvalue weighted by atomic mass is 10.1. The highest BCUT2D eigenvalue weighted by atomic mass is 19.1. The number of methoxy groups -OCH3 is 1. The second kappa shape index (κ2) is 9.47. The number of nitrogens with zero attached hydrogens (tertiary/aromatic N) is 2. The Bertz CT molecular complexity index is 1060. The van der Waals surface area contributed by atoms with Crippen LogP contribution < -0.4 is 19.7 Å². The summed E-state index contributed by atoms with van der Waals surface area (Å²) in [5.41, 5.74) is 1.31. The van der Waals surface area contributed by atoms with Crippen molar-refractivity contribution in [3.8, 4) is 17.4 Å². The summed E-state index contributed by atoms with van der Waals surface area (Å²) < 4.78 is 25.2. The van der Waals surface area contributed by atoms with Crippen molar-refractivity contribution in [2.24, 2.45) is 5.92 Å². The lowest BCUT2D eigenvalue weighted by Gasteiger charge is -2.19. The topological polar surface area (TPSA) is 63.7 Å². The Kier molecular flexibility index (Phi) is 6.31. The number of ether oxygens (including phenoxy) is 2. The molecule has 4 rings (SSSR count). The van der Waals surface area contributed by atoms with E-state index in [-0.39, 0.29) is 17.6 Å². The first-order chi connectivity index (χ1) is 15.1. The van der Waals surface area contributed by atoms with Crippen LogP contribution in [0.1, 0.15) is 12.0 Å². The highest BCUT2D eigenvalue weighted by Gasteiger charge is 2.29. The fourth-order valence-electron chi connectivity index (χ4n) is 3.65. The quantitative estimate of drug-likeness (QED) is 0.621. The summed E-state index contributed by atoms with van der Waals surface area (Å²) in [5, 5.41) is 2.97. The maximum Gasteiger partial charge on any atom is 0.225 e. The van der Waals surface area contributed by atoms with Crippen LogP contribution in [0.15, 0.2) is 66.9 Å². The van der Waals surface area contributed by atoms with Crippen LogP contribution in [0.2, 0.25) is 0 Å². The summed E-state index contributed by atoms with van der Waals surface area (Å²) in [4.78, 5) is 18.9. The van der Waals surface area contributed by atoms with Gasteiger partial charge in [0.25, 0.3) is 0 Å². The van der Waals surface area contributed by atoms with Crippen molar-refractivity contribution in [1.82, 2.24) is 10.3 Å². The number of carbonyl (C=O) groups is 1. The number of hydrogen-bond acceptors (Lipinski definition) is 5. The average molecular weight is 421 g/mol. The Morgan fingerprint density at radius 3 is 2.84 bits per heavy atom. The van der Waals surface area contributed by atoms with Gasteiger partial charge in [0, 0.05) is 37.5 Å². The van der Waals surface area contributed by atoms with Gasteiger partial charge in [-0.1, -0.05) is 24.3 Å². The number of rotatable bonds is 7. The first-order valence-corrected chi connectivity index (χ1v) is 10.2. The van der Waals surface area contributed by atoms with E-state index in [1.807, 2.05) is 29.2 Å². The lowest BCUT2D eigenvalue weighted by molar-refractivity contribution is -0.124. The fourth-order valence-corrected chi connectivity index (χ4v) is 3.65. The zero-order valence-corrected chi connectivity index (χ0v) is 17.3. The van der Waals surface area contributed by atoms with Crippen molar-refractivity contribution in [3.05, 3.63) is 78.2 Å². The molecule has 1 aromatic heterocycles. The fraction of sp³-hybridized carbons (Fsp3) is 0.250. The minimum atomic E-state index is -0.266. The third-order valence-corrected chi connectivity index (χ3v) is 5.31. The molecule has 160 valence electrons. The Balaban J connectivity index is 1.37. The highest BCUT2D eigenvalue weighted by Crippen LogP contribution is 2.28. The van der Waals surface area contributed by atoms with Crippen molar-refractivity contribution in [2.75, 3.05) is 25.1 Å². The first kappa shape index (κ1) is 20.7. The Morgan fingerprint density at radius 2 is 2.00 bits per heavy atom. The van der Waals surface area contributed by atoms with Crippen LogP contribution in [0.5, 0.6) is 17.4 Å². The number of carbonyl (C=O) groups excluding carboxylic acids is 1. The molecule has 0 bridgehead atoms. The number of amides is 1. The molecule has 0 radical (unpaired) electrons. The van der Waals surface area contributed by atoms with E-state index in [0.29, 0.717) is 49.1 Å². The molecule has 6 nitrogen and oxygen atoms in total. The number of nitrogens with one attached hydrogen (secondary N) is 1. The van der Waals surface area contributed by atoms with Gasteiger partial charge in [0.15, 0.2) is 0 Å². The van der Waals surface area contributed by atoms with Gasteiger partial charge in [0.05, 0.1) is 18.7 Å². The van der Waals surface area contributed by atoms with E-state index in [1.165, 1.54) is 6.07 Å². The normalized spacial score (nSPS) is 15.5. The van der Waals surface area contributed by atoms with Crippen molar-refractivity contribution in [1.29, 1.82) is 0 Å². The van der Waals surface area contributed by atoms with Gasteiger partial charge < -0.3 is 19.7 Å². The van der Waals surface area contributed by atoms with E-state index >= 15 is 0 Å². The molecule has 2 aromatic carbocycles. The SMILES string of the molecule is COc1cccc(Oc2ncccc2CNC(=O)C2CCN(c3ccccc3F)C2)c1. The van der Waals surface area contributed by atoms with Gasteiger partial charge in [0.1, 0.15) is 17.3 Å². The van der Waals surface area contributed by atoms with E-state index in [4.69, 9.17) is 9.47 Å². The van der Waals surface area contributed by atoms with Crippen molar-refractivity contribution < 1.29 is 18.7 Å². The predicted molar refractivity (Wildman–Crippen MR) is 116 cm³/mol. The predicted octanol–water partition coefficient (Wildman–Crippen LogP) is 4.16. The summed E-state index contributed by atoms with van der Waals surface area (Å²) in [7, 11) is 1.59. The number of para-hydroxylation sites is 1. The smallest absolute Gasteiger partial charge is 0.225 e. The van der Waals surface area contributed by atoms with E-state index < -0.39 is 0 Å². The van der Waals surface area contributed by atoms with Gasteiger partial charge in [0.2, 0.25) is 11.8 Å². The zero-order chi connectivity index (χ0) is 21.6. The van der Waals surface area contributed by atoms with Crippen molar-refractivity contribution in [3.63, 3.8) is 0 Å². The minimum absolute atomic E-state index is 0.0602. The van der Waals surface area contributed by atoms with E-state index in [0.717, 1.165) is 5.56 Å². The molecule has 0 saturated carbocycles. The molecule has 2 heterocycles. The lowest BCUT2D eigenvalue weighted by Crippen LogP contribution is -2.32. The molecular formula is C24H24FN3O3. The van der Waals surface area contributed by atoms with Gasteiger partial charge in [-0.15, -0.1) is 0 Å². The molecule has 1 N–H and O–H groups in total. The summed E-state index contributed by atoms with van der Waals surface area (Å²) in [6, 6.07) is 17.6. The third kappa shape index (κ3) is 4.94. The second-order valence-corrected chi connectivity index (χ2v) is 7.35. The monoisotopic (exact) mass is 421 g/mol. The molecule has 7 heteroatoms. The molecule has 1 amide bonds. The van der Waals surface area contributed by atoms with E-state index in [2.05, 4.69) is 10.3 Å². The van der Waals surface area contributed by atoms with Gasteiger partial charge in [-0.3, -0.25) is 4.79 Å². The molecule has 3 aromatic rings. The Hall–Kier alpha value is -3.61. The Morgan fingerprint density at radius 1 is 1.16 bits per heavy atom. The minimum Gasteiger partial charge on any atom is -0.497 e.